The third-order valence-corrected chi connectivity index (χ3v) is 12.3. The van der Waals surface area contributed by atoms with E-state index in [1.807, 2.05) is 20.8 Å². The van der Waals surface area contributed by atoms with Crippen LogP contribution in [0.15, 0.2) is 0 Å². The van der Waals surface area contributed by atoms with Crippen molar-refractivity contribution < 1.29 is 18.1 Å². The molecular weight excluding hydrogens is 426 g/mol. The summed E-state index contributed by atoms with van der Waals surface area (Å²) in [5, 5.41) is 0.127. The molecule has 0 saturated heterocycles. The summed E-state index contributed by atoms with van der Waals surface area (Å²) in [5.41, 5.74) is 0. The number of hydrogen-bond donors (Lipinski definition) is 1. The molecule has 0 saturated carbocycles. The number of nitrogens with one attached hydrogen (secondary N) is 1. The first kappa shape index (κ1) is 31.2. The average molecular weight is 480 g/mol. The fraction of sp³-hybridized carbons (Fsp3) is 1.00. The summed E-state index contributed by atoms with van der Waals surface area (Å²) in [6.07, 6.45) is 9.63. The van der Waals surface area contributed by atoms with E-state index in [0.717, 1.165) is 12.8 Å². The van der Waals surface area contributed by atoms with Gasteiger partial charge in [0.25, 0.3) is 0 Å². The van der Waals surface area contributed by atoms with E-state index in [9.17, 15) is 4.21 Å². The summed E-state index contributed by atoms with van der Waals surface area (Å²) in [5.74, 6) is 0. The number of ether oxygens (including phenoxy) is 2. The summed E-state index contributed by atoms with van der Waals surface area (Å²) < 4.78 is 33.7. The van der Waals surface area contributed by atoms with Gasteiger partial charge >= 0.3 is 0 Å². The van der Waals surface area contributed by atoms with Gasteiger partial charge in [-0.3, -0.25) is 0 Å². The third kappa shape index (κ3) is 13.5. The summed E-state index contributed by atoms with van der Waals surface area (Å²) >= 11 is 0. The molecule has 0 aromatic heterocycles. The average Bonchev–Trinajstić information content (AvgIpc) is 2.65. The van der Waals surface area contributed by atoms with Crippen molar-refractivity contribution >= 4 is 19.3 Å². The van der Waals surface area contributed by atoms with Crippen LogP contribution in [0.4, 0.5) is 0 Å². The number of hydrogen-bond acceptors (Lipinski definition) is 4. The second-order valence-corrected chi connectivity index (χ2v) is 18.0. The topological polar surface area (TPSA) is 56.8 Å². The molecule has 0 aliphatic heterocycles. The van der Waals surface area contributed by atoms with Crippen LogP contribution < -0.4 is 4.72 Å². The van der Waals surface area contributed by atoms with Gasteiger partial charge in [0, 0.05) is 7.11 Å². The third-order valence-electron chi connectivity index (χ3n) is 6.19. The number of unbranched alkanes of at least 4 members (excludes halogenated alkanes) is 6. The van der Waals surface area contributed by atoms with E-state index < -0.39 is 19.3 Å². The number of methoxy groups -OCH3 is 1. The maximum atomic E-state index is 12.9. The molecule has 0 unspecified atom stereocenters. The van der Waals surface area contributed by atoms with E-state index in [2.05, 4.69) is 45.5 Å². The molecule has 0 aromatic carbocycles. The van der Waals surface area contributed by atoms with Crippen LogP contribution in [0.3, 0.4) is 0 Å². The van der Waals surface area contributed by atoms with Gasteiger partial charge in [-0.15, -0.1) is 0 Å². The van der Waals surface area contributed by atoms with Gasteiger partial charge in [0.15, 0.2) is 8.32 Å². The van der Waals surface area contributed by atoms with Gasteiger partial charge in [-0.2, -0.15) is 0 Å². The Morgan fingerprint density at radius 2 is 1.48 bits per heavy atom. The highest BCUT2D eigenvalue weighted by molar-refractivity contribution is 7.84. The molecule has 188 valence electrons. The van der Waals surface area contributed by atoms with E-state index in [4.69, 9.17) is 13.9 Å². The first-order valence-electron chi connectivity index (χ1n) is 12.2. The summed E-state index contributed by atoms with van der Waals surface area (Å²) in [6, 6.07) is -0.135. The fourth-order valence-corrected chi connectivity index (χ4v) is 4.78. The van der Waals surface area contributed by atoms with Crippen LogP contribution in [-0.4, -0.2) is 49.9 Å². The van der Waals surface area contributed by atoms with Crippen LogP contribution in [0.1, 0.15) is 99.8 Å². The van der Waals surface area contributed by atoms with E-state index in [1.54, 1.807) is 7.11 Å². The normalized spacial score (nSPS) is 16.3. The Bertz CT molecular complexity index is 489. The fourth-order valence-electron chi connectivity index (χ4n) is 2.90. The molecule has 0 fully saturated rings. The van der Waals surface area contributed by atoms with Crippen molar-refractivity contribution in [3.05, 3.63) is 0 Å². The molecular formula is C24H53NO4SSi. The lowest BCUT2D eigenvalue weighted by Crippen LogP contribution is -2.52. The van der Waals surface area contributed by atoms with Crippen molar-refractivity contribution in [2.24, 2.45) is 0 Å². The second kappa shape index (κ2) is 15.2. The van der Waals surface area contributed by atoms with Crippen molar-refractivity contribution in [1.82, 2.24) is 4.72 Å². The Morgan fingerprint density at radius 1 is 0.935 bits per heavy atom. The van der Waals surface area contributed by atoms with Gasteiger partial charge in [-0.1, -0.05) is 72.6 Å². The van der Waals surface area contributed by atoms with Gasteiger partial charge < -0.3 is 13.9 Å². The predicted molar refractivity (Wildman–Crippen MR) is 137 cm³/mol. The van der Waals surface area contributed by atoms with Crippen molar-refractivity contribution in [3.63, 3.8) is 0 Å². The molecule has 0 aliphatic carbocycles. The molecule has 0 rings (SSSR count). The lowest BCUT2D eigenvalue weighted by Gasteiger charge is -2.39. The highest BCUT2D eigenvalue weighted by Gasteiger charge is 2.39. The minimum absolute atomic E-state index is 0.0911. The van der Waals surface area contributed by atoms with Crippen molar-refractivity contribution in [2.75, 3.05) is 20.5 Å². The Kier molecular flexibility index (Phi) is 15.3. The van der Waals surface area contributed by atoms with E-state index in [0.29, 0.717) is 6.61 Å². The molecule has 0 heterocycles. The Balaban J connectivity index is 5.17. The quantitative estimate of drug-likeness (QED) is 0.146. The molecule has 0 aromatic rings. The highest BCUT2D eigenvalue weighted by Crippen LogP contribution is 2.36. The maximum absolute atomic E-state index is 12.9. The first-order valence-corrected chi connectivity index (χ1v) is 16.2. The van der Waals surface area contributed by atoms with Gasteiger partial charge in [0.2, 0.25) is 0 Å². The SMILES string of the molecule is CCCCCCCCC[C@@H](OCOC)[C@H](CO[Si](C)(C)C(C)(C)C)N[S@](=O)C(C)(C)C. The molecule has 0 radical (unpaired) electrons. The van der Waals surface area contributed by atoms with Crippen LogP contribution in [0.25, 0.3) is 0 Å². The molecule has 7 heteroatoms. The van der Waals surface area contributed by atoms with E-state index in [-0.39, 0.29) is 28.7 Å². The van der Waals surface area contributed by atoms with Crippen LogP contribution in [0.2, 0.25) is 18.1 Å². The standard InChI is InChI=1S/C24H53NO4SSi/c1-11-12-13-14-15-16-17-18-22(28-20-27-8)21(25-30(26)23(2,3)4)19-29-31(9,10)24(5,6)7/h21-22,25H,11-20H2,1-10H3/t21-,22+,30+/m0/s1. The summed E-state index contributed by atoms with van der Waals surface area (Å²) in [6.45, 7) is 20.2. The van der Waals surface area contributed by atoms with Gasteiger partial charge in [0.05, 0.1) is 34.5 Å². The number of rotatable bonds is 17. The summed E-state index contributed by atoms with van der Waals surface area (Å²) in [4.78, 5) is 0. The molecule has 0 amide bonds. The molecule has 0 bridgehead atoms. The van der Waals surface area contributed by atoms with E-state index in [1.165, 1.54) is 38.5 Å². The molecule has 1 N–H and O–H groups in total. The molecule has 31 heavy (non-hydrogen) atoms. The van der Waals surface area contributed by atoms with Gasteiger partial charge in [0.1, 0.15) is 6.79 Å². The lowest BCUT2D eigenvalue weighted by molar-refractivity contribution is -0.0881. The molecule has 3 atom stereocenters. The van der Waals surface area contributed by atoms with Gasteiger partial charge in [-0.25, -0.2) is 8.93 Å². The largest absolute Gasteiger partial charge is 0.415 e. The van der Waals surface area contributed by atoms with Crippen LogP contribution >= 0.6 is 0 Å². The van der Waals surface area contributed by atoms with Crippen molar-refractivity contribution in [2.45, 2.75) is 135 Å². The minimum atomic E-state index is -1.92. The minimum Gasteiger partial charge on any atom is -0.415 e. The highest BCUT2D eigenvalue weighted by atomic mass is 32.2. The Labute approximate surface area is 197 Å². The van der Waals surface area contributed by atoms with E-state index >= 15 is 0 Å². The second-order valence-electron chi connectivity index (χ2n) is 11.2. The molecule has 0 spiro atoms. The monoisotopic (exact) mass is 479 g/mol. The van der Waals surface area contributed by atoms with Crippen molar-refractivity contribution in [1.29, 1.82) is 0 Å². The van der Waals surface area contributed by atoms with Crippen LogP contribution in [0, 0.1) is 0 Å². The zero-order valence-corrected chi connectivity index (χ0v) is 24.1. The Morgan fingerprint density at radius 3 is 1.97 bits per heavy atom. The smallest absolute Gasteiger partial charge is 0.192 e. The van der Waals surface area contributed by atoms with Gasteiger partial charge in [-0.05, 0) is 45.3 Å². The molecule has 5 nitrogen and oxygen atoms in total. The zero-order chi connectivity index (χ0) is 24.1. The summed E-state index contributed by atoms with van der Waals surface area (Å²) in [7, 11) is -1.47. The van der Waals surface area contributed by atoms with Crippen LogP contribution in [0.5, 0.6) is 0 Å². The maximum Gasteiger partial charge on any atom is 0.192 e. The zero-order valence-electron chi connectivity index (χ0n) is 22.3. The molecule has 0 aliphatic rings. The Hall–Kier alpha value is 0.207. The van der Waals surface area contributed by atoms with Crippen LogP contribution in [-0.2, 0) is 24.9 Å². The lowest BCUT2D eigenvalue weighted by atomic mass is 10.0. The first-order chi connectivity index (χ1) is 14.3. The van der Waals surface area contributed by atoms with Crippen molar-refractivity contribution in [3.8, 4) is 0 Å². The predicted octanol–water partition coefficient (Wildman–Crippen LogP) is 6.56.